The molecule has 0 saturated carbocycles. The van der Waals surface area contributed by atoms with Gasteiger partial charge in [-0.3, -0.25) is 14.5 Å². The summed E-state index contributed by atoms with van der Waals surface area (Å²) in [6, 6.07) is 34.2. The highest BCUT2D eigenvalue weighted by molar-refractivity contribution is 5.86. The molecule has 1 aliphatic carbocycles. The molecule has 5 heteroatoms. The second-order valence-corrected chi connectivity index (χ2v) is 9.19. The van der Waals surface area contributed by atoms with Crippen LogP contribution in [0.4, 0.5) is 0 Å². The first-order chi connectivity index (χ1) is 17.5. The van der Waals surface area contributed by atoms with E-state index in [0.717, 1.165) is 33.4 Å². The number of hydrogen-bond acceptors (Lipinski definition) is 3. The molecule has 0 saturated heterocycles. The number of fused-ring (bicyclic) bond motifs is 3. The first-order valence-electron chi connectivity index (χ1n) is 12.0. The Morgan fingerprint density at radius 2 is 1.17 bits per heavy atom. The van der Waals surface area contributed by atoms with Crippen molar-refractivity contribution < 1.29 is 19.8 Å². The molecule has 0 unspecified atom stereocenters. The third kappa shape index (κ3) is 3.69. The van der Waals surface area contributed by atoms with Crippen molar-refractivity contribution in [1.82, 2.24) is 4.90 Å². The lowest BCUT2D eigenvalue weighted by atomic mass is 9.76. The average Bonchev–Trinajstić information content (AvgIpc) is 3.20. The van der Waals surface area contributed by atoms with E-state index in [4.69, 9.17) is 0 Å². The second-order valence-electron chi connectivity index (χ2n) is 9.19. The molecule has 5 rings (SSSR count). The Morgan fingerprint density at radius 3 is 1.67 bits per heavy atom. The van der Waals surface area contributed by atoms with Crippen LogP contribution in [0.25, 0.3) is 11.1 Å². The normalized spacial score (nSPS) is 15.1. The summed E-state index contributed by atoms with van der Waals surface area (Å²) >= 11 is 0. The fourth-order valence-corrected chi connectivity index (χ4v) is 5.64. The number of nitrogens with zero attached hydrogens (tertiary/aromatic N) is 1. The van der Waals surface area contributed by atoms with Crippen molar-refractivity contribution in [1.29, 1.82) is 0 Å². The summed E-state index contributed by atoms with van der Waals surface area (Å²) < 4.78 is 0. The molecule has 0 amide bonds. The summed E-state index contributed by atoms with van der Waals surface area (Å²) in [7, 11) is 0. The van der Waals surface area contributed by atoms with Crippen LogP contribution < -0.4 is 0 Å². The van der Waals surface area contributed by atoms with Crippen LogP contribution in [0.2, 0.25) is 0 Å². The van der Waals surface area contributed by atoms with Gasteiger partial charge < -0.3 is 10.2 Å². The van der Waals surface area contributed by atoms with Crippen LogP contribution in [-0.2, 0) is 21.7 Å². The minimum Gasteiger partial charge on any atom is -0.481 e. The van der Waals surface area contributed by atoms with Gasteiger partial charge in [-0.25, -0.2) is 0 Å². The molecule has 1 aliphatic rings. The summed E-state index contributed by atoms with van der Waals surface area (Å²) in [6.45, 7) is 1.72. The highest BCUT2D eigenvalue weighted by Gasteiger charge is 2.54. The van der Waals surface area contributed by atoms with Crippen molar-refractivity contribution in [3.05, 3.63) is 131 Å². The number of hydrogen-bond donors (Lipinski definition) is 2. The smallest absolute Gasteiger partial charge is 0.321 e. The molecule has 4 aromatic carbocycles. The maximum absolute atomic E-state index is 12.9. The first-order valence-corrected chi connectivity index (χ1v) is 12.0. The number of rotatable bonds is 8. The van der Waals surface area contributed by atoms with E-state index >= 15 is 0 Å². The average molecular weight is 478 g/mol. The zero-order chi connectivity index (χ0) is 25.3. The Kier molecular flexibility index (Phi) is 6.17. The van der Waals surface area contributed by atoms with E-state index < -0.39 is 29.4 Å². The van der Waals surface area contributed by atoms with Crippen molar-refractivity contribution in [2.45, 2.75) is 25.0 Å². The predicted octanol–water partition coefficient (Wildman–Crippen LogP) is 5.64. The van der Waals surface area contributed by atoms with Crippen molar-refractivity contribution >= 4 is 11.9 Å². The topological polar surface area (TPSA) is 77.8 Å². The van der Waals surface area contributed by atoms with Crippen molar-refractivity contribution in [3.63, 3.8) is 0 Å². The van der Waals surface area contributed by atoms with Crippen LogP contribution in [0.15, 0.2) is 109 Å². The van der Waals surface area contributed by atoms with Crippen LogP contribution in [0.1, 0.15) is 29.2 Å². The van der Waals surface area contributed by atoms with Crippen LogP contribution in [-0.4, -0.2) is 33.1 Å². The summed E-state index contributed by atoms with van der Waals surface area (Å²) in [5.41, 5.74) is 4.69. The van der Waals surface area contributed by atoms with Gasteiger partial charge in [-0.2, -0.15) is 0 Å². The molecule has 0 heterocycles. The maximum atomic E-state index is 12.9. The zero-order valence-corrected chi connectivity index (χ0v) is 19.9. The van der Waals surface area contributed by atoms with Gasteiger partial charge in [0.2, 0.25) is 0 Å². The molecule has 0 radical (unpaired) electrons. The highest BCUT2D eigenvalue weighted by Crippen LogP contribution is 2.55. The number of aliphatic carboxylic acids is 2. The molecule has 5 nitrogen and oxygen atoms in total. The predicted molar refractivity (Wildman–Crippen MR) is 138 cm³/mol. The van der Waals surface area contributed by atoms with Gasteiger partial charge >= 0.3 is 11.9 Å². The standard InChI is InChI=1S/C31H27NO4/c1-21(29(33)34)28(30(35)36)32(20-22-12-4-2-5-13-22)31(23-14-6-3-7-15-23)26-18-10-8-16-24(26)25-17-9-11-19-27(25)31/h2-19,21,28H,20H2,1H3,(H,33,34)(H,35,36)/t21-,28+/m1/s1. The van der Waals surface area contributed by atoms with Crippen LogP contribution in [0, 0.1) is 5.92 Å². The molecule has 4 aromatic rings. The van der Waals surface area contributed by atoms with Gasteiger partial charge in [0.05, 0.1) is 11.5 Å². The monoisotopic (exact) mass is 477 g/mol. The van der Waals surface area contributed by atoms with Gasteiger partial charge in [-0.15, -0.1) is 0 Å². The summed E-state index contributed by atoms with van der Waals surface area (Å²) in [5, 5.41) is 20.6. The van der Waals surface area contributed by atoms with Crippen LogP contribution >= 0.6 is 0 Å². The zero-order valence-electron chi connectivity index (χ0n) is 19.9. The van der Waals surface area contributed by atoms with E-state index in [2.05, 4.69) is 12.1 Å². The lowest BCUT2D eigenvalue weighted by Gasteiger charge is -2.47. The summed E-state index contributed by atoms with van der Waals surface area (Å²) in [6.07, 6.45) is 0. The number of benzene rings is 4. The Balaban J connectivity index is 1.90. The Hall–Kier alpha value is -4.22. The van der Waals surface area contributed by atoms with Gasteiger partial charge in [0.25, 0.3) is 0 Å². The minimum atomic E-state index is -1.30. The lowest BCUT2D eigenvalue weighted by Crippen LogP contribution is -2.57. The SMILES string of the molecule is C[C@@H](C(=O)O)[C@@H](C(=O)O)N(Cc1ccccc1)C1(c2ccccc2)c2ccccc2-c2ccccc21. The largest absolute Gasteiger partial charge is 0.481 e. The fraction of sp³-hybridized carbons (Fsp3) is 0.161. The minimum absolute atomic E-state index is 0.243. The fourth-order valence-electron chi connectivity index (χ4n) is 5.64. The van der Waals surface area contributed by atoms with Crippen molar-refractivity contribution in [3.8, 4) is 11.1 Å². The van der Waals surface area contributed by atoms with Crippen LogP contribution in [0.3, 0.4) is 0 Å². The molecular weight excluding hydrogens is 450 g/mol. The molecule has 2 N–H and O–H groups in total. The molecule has 0 aromatic heterocycles. The molecule has 0 fully saturated rings. The molecular formula is C31H27NO4. The van der Waals surface area contributed by atoms with Crippen LogP contribution in [0.5, 0.6) is 0 Å². The molecule has 36 heavy (non-hydrogen) atoms. The third-order valence-corrected chi connectivity index (χ3v) is 7.19. The van der Waals surface area contributed by atoms with Gasteiger partial charge in [0, 0.05) is 6.54 Å². The number of carboxylic acids is 2. The molecule has 0 spiro atoms. The number of carbonyl (C=O) groups is 2. The summed E-state index contributed by atoms with van der Waals surface area (Å²) in [5.74, 6) is -3.48. The van der Waals surface area contributed by atoms with Gasteiger partial charge in [-0.05, 0) is 40.3 Å². The van der Waals surface area contributed by atoms with E-state index in [1.165, 1.54) is 6.92 Å². The van der Waals surface area contributed by atoms with Gasteiger partial charge in [0.1, 0.15) is 6.04 Å². The maximum Gasteiger partial charge on any atom is 0.321 e. The van der Waals surface area contributed by atoms with Gasteiger partial charge in [-0.1, -0.05) is 109 Å². The van der Waals surface area contributed by atoms with Crippen molar-refractivity contribution in [2.75, 3.05) is 0 Å². The van der Waals surface area contributed by atoms with E-state index in [9.17, 15) is 19.8 Å². The van der Waals surface area contributed by atoms with E-state index in [0.29, 0.717) is 0 Å². The summed E-state index contributed by atoms with van der Waals surface area (Å²) in [4.78, 5) is 27.1. The quantitative estimate of drug-likeness (QED) is 0.344. The van der Waals surface area contributed by atoms with Gasteiger partial charge in [0.15, 0.2) is 0 Å². The Morgan fingerprint density at radius 1 is 0.694 bits per heavy atom. The molecule has 2 atom stereocenters. The van der Waals surface area contributed by atoms with E-state index in [1.54, 1.807) is 0 Å². The molecule has 0 aliphatic heterocycles. The second kappa shape index (κ2) is 9.44. The Bertz CT molecular complexity index is 1360. The Labute approximate surface area is 210 Å². The van der Waals surface area contributed by atoms with E-state index in [1.807, 2.05) is 102 Å². The first kappa shape index (κ1) is 23.5. The number of carboxylic acid groups (broad SMARTS) is 2. The van der Waals surface area contributed by atoms with Crippen molar-refractivity contribution in [2.24, 2.45) is 5.92 Å². The highest BCUT2D eigenvalue weighted by atomic mass is 16.4. The molecule has 180 valence electrons. The molecule has 0 bridgehead atoms. The lowest BCUT2D eigenvalue weighted by molar-refractivity contribution is -0.157. The third-order valence-electron chi connectivity index (χ3n) is 7.19. The van der Waals surface area contributed by atoms with E-state index in [-0.39, 0.29) is 6.54 Å².